The summed E-state index contributed by atoms with van der Waals surface area (Å²) in [5.74, 6) is -0.364. The molecule has 0 spiro atoms. The predicted molar refractivity (Wildman–Crippen MR) is 159 cm³/mol. The van der Waals surface area contributed by atoms with Crippen molar-refractivity contribution >= 4 is 35.3 Å². The number of imide groups is 2. The lowest BCUT2D eigenvalue weighted by molar-refractivity contribution is -0.121. The molecule has 1 aliphatic rings. The molecule has 0 radical (unpaired) electrons. The summed E-state index contributed by atoms with van der Waals surface area (Å²) in [7, 11) is 0. The van der Waals surface area contributed by atoms with Crippen molar-refractivity contribution in [2.24, 2.45) is 0 Å². The van der Waals surface area contributed by atoms with E-state index < -0.39 is 17.8 Å². The number of urea groups is 1. The molecule has 0 bridgehead atoms. The molecule has 1 aliphatic heterocycles. The lowest BCUT2D eigenvalue weighted by Gasteiger charge is -2.35. The molecule has 4 aromatic carbocycles. The summed E-state index contributed by atoms with van der Waals surface area (Å²) < 4.78 is 11.9. The average molecular weight is 547 g/mol. The van der Waals surface area contributed by atoms with E-state index in [2.05, 4.69) is 0 Å². The maximum Gasteiger partial charge on any atom is 0.343 e. The number of barbiturate groups is 1. The van der Waals surface area contributed by atoms with Crippen molar-refractivity contribution in [1.29, 1.82) is 0 Å². The second kappa shape index (κ2) is 11.9. The number of carbonyl (C=O) groups excluding carboxylic acids is 3. The van der Waals surface area contributed by atoms with Gasteiger partial charge in [-0.15, -0.1) is 0 Å². The third-order valence-electron chi connectivity index (χ3n) is 6.78. The molecule has 1 heterocycles. The average Bonchev–Trinajstić information content (AvgIpc) is 2.97. The number of para-hydroxylation sites is 2. The third kappa shape index (κ3) is 5.61. The molecule has 4 amide bonds. The zero-order valence-corrected chi connectivity index (χ0v) is 23.2. The minimum Gasteiger partial charge on any atom is -0.490 e. The Morgan fingerprint density at radius 1 is 0.659 bits per heavy atom. The fourth-order valence-electron chi connectivity index (χ4n) is 4.69. The van der Waals surface area contributed by atoms with E-state index in [1.165, 1.54) is 6.08 Å². The van der Waals surface area contributed by atoms with Crippen LogP contribution in [0.25, 0.3) is 6.08 Å². The second-order valence-corrected chi connectivity index (χ2v) is 9.61. The topological polar surface area (TPSA) is 76.2 Å². The van der Waals surface area contributed by atoms with Gasteiger partial charge >= 0.3 is 6.03 Å². The molecule has 0 unspecified atom stereocenters. The van der Waals surface area contributed by atoms with Gasteiger partial charge in [0.2, 0.25) is 0 Å². The number of hydrogen-bond acceptors (Lipinski definition) is 5. The summed E-state index contributed by atoms with van der Waals surface area (Å²) in [6.07, 6.45) is 1.50. The van der Waals surface area contributed by atoms with Crippen LogP contribution in [0.2, 0.25) is 0 Å². The van der Waals surface area contributed by atoms with E-state index in [4.69, 9.17) is 9.47 Å². The molecule has 1 fully saturated rings. The van der Waals surface area contributed by atoms with Gasteiger partial charge in [0.15, 0.2) is 11.5 Å². The van der Waals surface area contributed by atoms with Crippen LogP contribution in [0, 0.1) is 13.8 Å². The van der Waals surface area contributed by atoms with Crippen LogP contribution in [-0.4, -0.2) is 24.5 Å². The van der Waals surface area contributed by atoms with Crippen molar-refractivity contribution < 1.29 is 23.9 Å². The van der Waals surface area contributed by atoms with E-state index in [0.717, 1.165) is 26.5 Å². The van der Waals surface area contributed by atoms with E-state index in [9.17, 15) is 14.4 Å². The Labute approximate surface area is 239 Å². The first kappa shape index (κ1) is 27.4. The van der Waals surface area contributed by atoms with E-state index in [1.807, 2.05) is 75.4 Å². The predicted octanol–water partition coefficient (Wildman–Crippen LogP) is 6.86. The van der Waals surface area contributed by atoms with Crippen molar-refractivity contribution in [3.63, 3.8) is 0 Å². The number of amides is 4. The van der Waals surface area contributed by atoms with Gasteiger partial charge in [0.05, 0.1) is 18.0 Å². The van der Waals surface area contributed by atoms with Gasteiger partial charge in [-0.2, -0.15) is 0 Å². The van der Waals surface area contributed by atoms with Crippen LogP contribution in [0.15, 0.2) is 103 Å². The van der Waals surface area contributed by atoms with Crippen molar-refractivity contribution in [2.45, 2.75) is 27.4 Å². The first-order valence-electron chi connectivity index (χ1n) is 13.4. The molecule has 4 aromatic rings. The maximum atomic E-state index is 13.8. The fourth-order valence-corrected chi connectivity index (χ4v) is 4.69. The summed E-state index contributed by atoms with van der Waals surface area (Å²) >= 11 is 0. The van der Waals surface area contributed by atoms with E-state index in [-0.39, 0.29) is 5.57 Å². The first-order valence-corrected chi connectivity index (χ1v) is 13.4. The standard InChI is InChI=1S/C34H30N2O5/c1-4-40-31-21-26(18-19-30(31)41-22-25-14-6-5-7-15-25)20-27-32(37)35(28-16-10-8-12-23(28)2)34(39)36(33(27)38)29-17-11-9-13-24(29)3/h5-21H,4,22H2,1-3H3. The van der Waals surface area contributed by atoms with Gasteiger partial charge in [-0.3, -0.25) is 9.59 Å². The summed E-state index contributed by atoms with van der Waals surface area (Å²) in [4.78, 5) is 43.6. The Balaban J connectivity index is 1.56. The molecule has 7 heteroatoms. The van der Waals surface area contributed by atoms with Gasteiger partial charge in [0.25, 0.3) is 11.8 Å². The highest BCUT2D eigenvalue weighted by Crippen LogP contribution is 2.34. The van der Waals surface area contributed by atoms with E-state index >= 15 is 0 Å². The highest BCUT2D eigenvalue weighted by molar-refractivity contribution is 6.46. The van der Waals surface area contributed by atoms with Gasteiger partial charge in [0, 0.05) is 0 Å². The van der Waals surface area contributed by atoms with Crippen LogP contribution in [-0.2, 0) is 16.2 Å². The molecule has 0 atom stereocenters. The monoisotopic (exact) mass is 546 g/mol. The highest BCUT2D eigenvalue weighted by Gasteiger charge is 2.44. The first-order chi connectivity index (χ1) is 19.9. The molecule has 206 valence electrons. The molecular weight excluding hydrogens is 516 g/mol. The number of anilines is 2. The smallest absolute Gasteiger partial charge is 0.343 e. The van der Waals surface area contributed by atoms with Gasteiger partial charge in [-0.25, -0.2) is 14.6 Å². The number of carbonyl (C=O) groups is 3. The number of ether oxygens (including phenoxy) is 2. The van der Waals surface area contributed by atoms with Crippen LogP contribution >= 0.6 is 0 Å². The van der Waals surface area contributed by atoms with E-state index in [0.29, 0.717) is 41.7 Å². The van der Waals surface area contributed by atoms with E-state index in [1.54, 1.807) is 42.5 Å². The quantitative estimate of drug-likeness (QED) is 0.178. The van der Waals surface area contributed by atoms with Gasteiger partial charge in [-0.05, 0) is 73.4 Å². The zero-order valence-electron chi connectivity index (χ0n) is 23.2. The Bertz CT molecular complexity index is 1570. The molecule has 0 N–H and O–H groups in total. The number of benzene rings is 4. The highest BCUT2D eigenvalue weighted by atomic mass is 16.5. The molecule has 41 heavy (non-hydrogen) atoms. The third-order valence-corrected chi connectivity index (χ3v) is 6.78. The number of hydrogen-bond donors (Lipinski definition) is 0. The molecule has 0 aliphatic carbocycles. The SMILES string of the molecule is CCOc1cc(C=C2C(=O)N(c3ccccc3C)C(=O)N(c3ccccc3C)C2=O)ccc1OCc1ccccc1. The molecule has 5 rings (SSSR count). The van der Waals surface area contributed by atoms with Gasteiger partial charge in [-0.1, -0.05) is 72.8 Å². The summed E-state index contributed by atoms with van der Waals surface area (Å²) in [6, 6.07) is 28.5. The van der Waals surface area contributed by atoms with Crippen LogP contribution in [0.5, 0.6) is 11.5 Å². The lowest BCUT2D eigenvalue weighted by Crippen LogP contribution is -2.57. The van der Waals surface area contributed by atoms with Crippen molar-refractivity contribution in [2.75, 3.05) is 16.4 Å². The molecular formula is C34H30N2O5. The molecule has 7 nitrogen and oxygen atoms in total. The lowest BCUT2D eigenvalue weighted by atomic mass is 10.0. The molecule has 0 saturated carbocycles. The summed E-state index contributed by atoms with van der Waals surface area (Å²) in [6.45, 7) is 6.26. The molecule has 1 saturated heterocycles. The van der Waals surface area contributed by atoms with Crippen molar-refractivity contribution in [3.8, 4) is 11.5 Å². The number of rotatable bonds is 8. The van der Waals surface area contributed by atoms with Gasteiger partial charge in [0.1, 0.15) is 12.2 Å². The summed E-state index contributed by atoms with van der Waals surface area (Å²) in [5.41, 5.74) is 3.71. The van der Waals surface area contributed by atoms with Crippen LogP contribution in [0.4, 0.5) is 16.2 Å². The minimum atomic E-state index is -0.722. The van der Waals surface area contributed by atoms with Crippen molar-refractivity contribution in [1.82, 2.24) is 0 Å². The largest absolute Gasteiger partial charge is 0.490 e. The minimum absolute atomic E-state index is 0.142. The molecule has 0 aromatic heterocycles. The van der Waals surface area contributed by atoms with Crippen LogP contribution < -0.4 is 19.3 Å². The van der Waals surface area contributed by atoms with Crippen LogP contribution in [0.1, 0.15) is 29.2 Å². The Morgan fingerprint density at radius 2 is 1.22 bits per heavy atom. The second-order valence-electron chi connectivity index (χ2n) is 9.61. The maximum absolute atomic E-state index is 13.8. The number of aryl methyl sites for hydroxylation is 2. The van der Waals surface area contributed by atoms with Crippen LogP contribution in [0.3, 0.4) is 0 Å². The van der Waals surface area contributed by atoms with Crippen molar-refractivity contribution in [3.05, 3.63) is 125 Å². The van der Waals surface area contributed by atoms with Gasteiger partial charge < -0.3 is 9.47 Å². The summed E-state index contributed by atoms with van der Waals surface area (Å²) in [5, 5.41) is 0. The normalized spacial score (nSPS) is 13.4. The Hall–Kier alpha value is -5.17. The fraction of sp³-hybridized carbons (Fsp3) is 0.147. The number of nitrogens with zero attached hydrogens (tertiary/aromatic N) is 2. The Morgan fingerprint density at radius 3 is 1.78 bits per heavy atom. The Kier molecular flexibility index (Phi) is 7.97. The zero-order chi connectivity index (χ0) is 28.9.